The normalized spacial score (nSPS) is 22.7. The molecule has 0 aromatic heterocycles. The fourth-order valence-corrected chi connectivity index (χ4v) is 5.63. The molecule has 7 heteroatoms. The Morgan fingerprint density at radius 2 is 1.69 bits per heavy atom. The smallest absolute Gasteiger partial charge is 0.338 e. The first-order valence-corrected chi connectivity index (χ1v) is 11.0. The van der Waals surface area contributed by atoms with Crippen molar-refractivity contribution >= 4 is 21.7 Å². The molecule has 1 aromatic rings. The van der Waals surface area contributed by atoms with E-state index in [1.54, 1.807) is 35.2 Å². The van der Waals surface area contributed by atoms with Crippen LogP contribution in [0.2, 0.25) is 0 Å². The van der Waals surface area contributed by atoms with Gasteiger partial charge in [-0.2, -0.15) is 0 Å². The van der Waals surface area contributed by atoms with Crippen LogP contribution in [0.1, 0.15) is 48.9 Å². The van der Waals surface area contributed by atoms with Crippen molar-refractivity contribution in [2.75, 3.05) is 18.1 Å². The molecule has 0 spiro atoms. The zero-order valence-electron chi connectivity index (χ0n) is 14.8. The van der Waals surface area contributed by atoms with Crippen LogP contribution in [0.15, 0.2) is 30.3 Å². The van der Waals surface area contributed by atoms with E-state index in [0.717, 1.165) is 32.1 Å². The summed E-state index contributed by atoms with van der Waals surface area (Å²) in [5, 5.41) is 0. The van der Waals surface area contributed by atoms with Gasteiger partial charge in [-0.1, -0.05) is 37.5 Å². The summed E-state index contributed by atoms with van der Waals surface area (Å²) in [6.07, 6.45) is 5.46. The largest absolute Gasteiger partial charge is 0.452 e. The third-order valence-electron chi connectivity index (χ3n) is 5.19. The maximum absolute atomic E-state index is 12.8. The highest BCUT2D eigenvalue weighted by atomic mass is 32.2. The fraction of sp³-hybridized carbons (Fsp3) is 0.579. The van der Waals surface area contributed by atoms with Crippen LogP contribution in [0.25, 0.3) is 0 Å². The van der Waals surface area contributed by atoms with Gasteiger partial charge in [0.1, 0.15) is 0 Å². The highest BCUT2D eigenvalue weighted by Crippen LogP contribution is 2.28. The molecule has 2 aliphatic rings. The molecule has 1 heterocycles. The van der Waals surface area contributed by atoms with Crippen LogP contribution in [0.4, 0.5) is 0 Å². The molecule has 1 aromatic carbocycles. The first kappa shape index (κ1) is 18.9. The van der Waals surface area contributed by atoms with Gasteiger partial charge in [0.15, 0.2) is 16.4 Å². The van der Waals surface area contributed by atoms with E-state index >= 15 is 0 Å². The van der Waals surface area contributed by atoms with E-state index in [9.17, 15) is 18.0 Å². The van der Waals surface area contributed by atoms with Crippen LogP contribution in [0.3, 0.4) is 0 Å². The molecule has 1 aliphatic carbocycles. The lowest BCUT2D eigenvalue weighted by Crippen LogP contribution is -2.50. The molecule has 1 atom stereocenters. The van der Waals surface area contributed by atoms with Gasteiger partial charge >= 0.3 is 5.97 Å². The lowest BCUT2D eigenvalue weighted by molar-refractivity contribution is -0.140. The van der Waals surface area contributed by atoms with Gasteiger partial charge in [-0.05, 0) is 31.4 Å². The second kappa shape index (κ2) is 8.20. The molecule has 142 valence electrons. The summed E-state index contributed by atoms with van der Waals surface area (Å²) in [7, 11) is -3.09. The van der Waals surface area contributed by atoms with E-state index < -0.39 is 15.8 Å². The number of nitrogens with zero attached hydrogens (tertiary/aromatic N) is 1. The topological polar surface area (TPSA) is 80.8 Å². The SMILES string of the molecule is O=C(OCC(=O)N(C1CCCCC1)C1CCS(=O)(=O)C1)c1ccccc1. The summed E-state index contributed by atoms with van der Waals surface area (Å²) in [6.45, 7) is -0.346. The summed E-state index contributed by atoms with van der Waals surface area (Å²) in [5.41, 5.74) is 0.396. The molecular weight excluding hydrogens is 354 g/mol. The minimum Gasteiger partial charge on any atom is -0.452 e. The van der Waals surface area contributed by atoms with Crippen molar-refractivity contribution in [2.45, 2.75) is 50.6 Å². The molecule has 0 radical (unpaired) electrons. The van der Waals surface area contributed by atoms with Gasteiger partial charge in [-0.25, -0.2) is 13.2 Å². The first-order chi connectivity index (χ1) is 12.5. The maximum Gasteiger partial charge on any atom is 0.338 e. The molecule has 1 amide bonds. The Morgan fingerprint density at radius 1 is 1.00 bits per heavy atom. The minimum absolute atomic E-state index is 0.0157. The Balaban J connectivity index is 1.67. The summed E-state index contributed by atoms with van der Waals surface area (Å²) >= 11 is 0. The van der Waals surface area contributed by atoms with Crippen LogP contribution in [0, 0.1) is 0 Å². The molecular formula is C19H25NO5S. The van der Waals surface area contributed by atoms with Gasteiger partial charge in [0.25, 0.3) is 5.91 Å². The van der Waals surface area contributed by atoms with E-state index in [2.05, 4.69) is 0 Å². The van der Waals surface area contributed by atoms with E-state index in [1.807, 2.05) is 0 Å². The first-order valence-electron chi connectivity index (χ1n) is 9.20. The van der Waals surface area contributed by atoms with Crippen LogP contribution in [0.5, 0.6) is 0 Å². The quantitative estimate of drug-likeness (QED) is 0.733. The molecule has 1 aliphatic heterocycles. The monoisotopic (exact) mass is 379 g/mol. The van der Waals surface area contributed by atoms with Gasteiger partial charge in [-0.3, -0.25) is 4.79 Å². The molecule has 6 nitrogen and oxygen atoms in total. The lowest BCUT2D eigenvalue weighted by Gasteiger charge is -2.38. The number of hydrogen-bond donors (Lipinski definition) is 0. The average Bonchev–Trinajstić information content (AvgIpc) is 3.01. The van der Waals surface area contributed by atoms with Gasteiger partial charge in [0, 0.05) is 12.1 Å². The number of amides is 1. The molecule has 3 rings (SSSR count). The molecule has 26 heavy (non-hydrogen) atoms. The average molecular weight is 379 g/mol. The van der Waals surface area contributed by atoms with Crippen molar-refractivity contribution in [3.63, 3.8) is 0 Å². The summed E-state index contributed by atoms with van der Waals surface area (Å²) in [6, 6.07) is 8.28. The number of ether oxygens (including phenoxy) is 1. The van der Waals surface area contributed by atoms with Gasteiger partial charge < -0.3 is 9.64 Å². The maximum atomic E-state index is 12.8. The summed E-state index contributed by atoms with van der Waals surface area (Å²) in [5.74, 6) is -0.690. The second-order valence-electron chi connectivity index (χ2n) is 7.09. The van der Waals surface area contributed by atoms with Crippen LogP contribution < -0.4 is 0 Å². The Hall–Kier alpha value is -1.89. The van der Waals surface area contributed by atoms with Crippen LogP contribution in [-0.2, 0) is 19.4 Å². The molecule has 1 saturated carbocycles. The highest BCUT2D eigenvalue weighted by molar-refractivity contribution is 7.91. The zero-order valence-corrected chi connectivity index (χ0v) is 15.6. The van der Waals surface area contributed by atoms with E-state index in [4.69, 9.17) is 4.74 Å². The number of sulfone groups is 1. The molecule has 1 saturated heterocycles. The van der Waals surface area contributed by atoms with E-state index in [1.165, 1.54) is 0 Å². The Labute approximate surface area is 154 Å². The van der Waals surface area contributed by atoms with Crippen molar-refractivity contribution < 1.29 is 22.7 Å². The predicted octanol–water partition coefficient (Wildman–Crippen LogP) is 2.19. The number of carbonyl (C=O) groups is 2. The van der Waals surface area contributed by atoms with E-state index in [0.29, 0.717) is 12.0 Å². The number of esters is 1. The number of hydrogen-bond acceptors (Lipinski definition) is 5. The number of rotatable bonds is 5. The molecule has 0 N–H and O–H groups in total. The number of carbonyl (C=O) groups excluding carboxylic acids is 2. The predicted molar refractivity (Wildman–Crippen MR) is 97.5 cm³/mol. The van der Waals surface area contributed by atoms with E-state index in [-0.39, 0.29) is 36.1 Å². The third kappa shape index (κ3) is 4.63. The van der Waals surface area contributed by atoms with Crippen molar-refractivity contribution in [3.8, 4) is 0 Å². The Kier molecular flexibility index (Phi) is 5.96. The zero-order chi connectivity index (χ0) is 18.6. The fourth-order valence-electron chi connectivity index (χ4n) is 3.92. The molecule has 1 unspecified atom stereocenters. The van der Waals surface area contributed by atoms with Crippen LogP contribution in [-0.4, -0.2) is 55.4 Å². The third-order valence-corrected chi connectivity index (χ3v) is 6.94. The van der Waals surface area contributed by atoms with Gasteiger partial charge in [-0.15, -0.1) is 0 Å². The standard InChI is InChI=1S/C19H25NO5S/c21-18(13-25-19(22)15-7-3-1-4-8-15)20(16-9-5-2-6-10-16)17-11-12-26(23,24)14-17/h1,3-4,7-8,16-17H,2,5-6,9-14H2. The molecule has 0 bridgehead atoms. The van der Waals surface area contributed by atoms with Crippen molar-refractivity contribution in [2.24, 2.45) is 0 Å². The van der Waals surface area contributed by atoms with Crippen molar-refractivity contribution in [1.82, 2.24) is 4.90 Å². The van der Waals surface area contributed by atoms with Crippen molar-refractivity contribution in [3.05, 3.63) is 35.9 Å². The van der Waals surface area contributed by atoms with Crippen molar-refractivity contribution in [1.29, 1.82) is 0 Å². The minimum atomic E-state index is -3.09. The molecule has 2 fully saturated rings. The number of benzene rings is 1. The Morgan fingerprint density at radius 3 is 2.31 bits per heavy atom. The van der Waals surface area contributed by atoms with Gasteiger partial charge in [0.05, 0.1) is 17.1 Å². The Bertz CT molecular complexity index is 740. The highest BCUT2D eigenvalue weighted by Gasteiger charge is 2.38. The van der Waals surface area contributed by atoms with Gasteiger partial charge in [0.2, 0.25) is 0 Å². The summed E-state index contributed by atoms with van der Waals surface area (Å²) < 4.78 is 29.0. The summed E-state index contributed by atoms with van der Waals surface area (Å²) in [4.78, 5) is 26.6. The second-order valence-corrected chi connectivity index (χ2v) is 9.32. The van der Waals surface area contributed by atoms with Crippen LogP contribution >= 0.6 is 0 Å². The lowest BCUT2D eigenvalue weighted by atomic mass is 9.93.